The van der Waals surface area contributed by atoms with E-state index >= 15 is 0 Å². The van der Waals surface area contributed by atoms with Gasteiger partial charge in [0.25, 0.3) is 0 Å². The van der Waals surface area contributed by atoms with Crippen molar-refractivity contribution in [2.24, 2.45) is 4.99 Å². The molecule has 0 spiro atoms. The zero-order valence-electron chi connectivity index (χ0n) is 15.4. The number of carbonyl (C=O) groups excluding carboxylic acids is 1. The fourth-order valence-electron chi connectivity index (χ4n) is 2.76. The standard InChI is InChI=1S/C21H25NO3S/c1-3-17-14-25-21(22-17)16-8-10-18(11-9-16)24-13-5-4-6-19(23)20-12-7-15(2)26-20/h7-12,17H,3-6,13-14H2,1-2H3. The molecule has 0 fully saturated rings. The summed E-state index contributed by atoms with van der Waals surface area (Å²) in [6.07, 6.45) is 3.29. The van der Waals surface area contributed by atoms with Crippen molar-refractivity contribution in [3.63, 3.8) is 0 Å². The van der Waals surface area contributed by atoms with Crippen LogP contribution in [0, 0.1) is 6.92 Å². The number of hydrogen-bond acceptors (Lipinski definition) is 5. The van der Waals surface area contributed by atoms with Crippen molar-refractivity contribution in [3.05, 3.63) is 51.7 Å². The average Bonchev–Trinajstić information content (AvgIpc) is 3.31. The first-order valence-corrected chi connectivity index (χ1v) is 10.0. The van der Waals surface area contributed by atoms with Gasteiger partial charge in [0.1, 0.15) is 12.4 Å². The molecule has 26 heavy (non-hydrogen) atoms. The van der Waals surface area contributed by atoms with Gasteiger partial charge >= 0.3 is 0 Å². The predicted octanol–water partition coefficient (Wildman–Crippen LogP) is 5.04. The van der Waals surface area contributed by atoms with Gasteiger partial charge in [0, 0.05) is 16.9 Å². The van der Waals surface area contributed by atoms with Gasteiger partial charge < -0.3 is 9.47 Å². The number of benzene rings is 1. The topological polar surface area (TPSA) is 47.9 Å². The highest BCUT2D eigenvalue weighted by Gasteiger charge is 2.18. The summed E-state index contributed by atoms with van der Waals surface area (Å²) < 4.78 is 11.4. The van der Waals surface area contributed by atoms with E-state index in [-0.39, 0.29) is 11.8 Å². The quantitative estimate of drug-likeness (QED) is 0.458. The second kappa shape index (κ2) is 8.99. The maximum Gasteiger partial charge on any atom is 0.216 e. The van der Waals surface area contributed by atoms with Crippen LogP contribution in [0.1, 0.15) is 52.7 Å². The van der Waals surface area contributed by atoms with Gasteiger partial charge in [-0.05, 0) is 62.6 Å². The molecule has 138 valence electrons. The van der Waals surface area contributed by atoms with Crippen LogP contribution in [0.25, 0.3) is 0 Å². The lowest BCUT2D eigenvalue weighted by Crippen LogP contribution is -2.04. The number of nitrogens with zero attached hydrogens (tertiary/aromatic N) is 1. The molecule has 1 unspecified atom stereocenters. The van der Waals surface area contributed by atoms with Gasteiger partial charge in [-0.3, -0.25) is 4.79 Å². The molecule has 3 rings (SSSR count). The molecule has 0 amide bonds. The SMILES string of the molecule is CCC1COC(c2ccc(OCCCCC(=O)c3ccc(C)s3)cc2)=N1. The van der Waals surface area contributed by atoms with Crippen LogP contribution in [0.4, 0.5) is 0 Å². The van der Waals surface area contributed by atoms with E-state index in [2.05, 4.69) is 11.9 Å². The second-order valence-electron chi connectivity index (χ2n) is 6.47. The van der Waals surface area contributed by atoms with Gasteiger partial charge in [-0.1, -0.05) is 6.92 Å². The highest BCUT2D eigenvalue weighted by atomic mass is 32.1. The van der Waals surface area contributed by atoms with Crippen LogP contribution in [0.3, 0.4) is 0 Å². The number of unbranched alkanes of at least 4 members (excludes halogenated alkanes) is 1. The van der Waals surface area contributed by atoms with E-state index in [4.69, 9.17) is 9.47 Å². The van der Waals surface area contributed by atoms with E-state index in [1.54, 1.807) is 11.3 Å². The van der Waals surface area contributed by atoms with Crippen molar-refractivity contribution in [2.45, 2.75) is 45.6 Å². The molecule has 5 heteroatoms. The molecule has 2 heterocycles. The Labute approximate surface area is 158 Å². The van der Waals surface area contributed by atoms with Gasteiger partial charge in [0.2, 0.25) is 5.90 Å². The molecule has 0 radical (unpaired) electrons. The summed E-state index contributed by atoms with van der Waals surface area (Å²) in [5.41, 5.74) is 0.991. The Kier molecular flexibility index (Phi) is 6.45. The number of ether oxygens (including phenoxy) is 2. The third-order valence-corrected chi connectivity index (χ3v) is 5.41. The largest absolute Gasteiger partial charge is 0.494 e. The Bertz CT molecular complexity index is 764. The molecule has 0 saturated heterocycles. The number of Topliss-reactive ketones (excluding diaryl/α,β-unsaturated/α-hetero) is 1. The third kappa shape index (κ3) is 4.94. The molecule has 2 aromatic rings. The van der Waals surface area contributed by atoms with Gasteiger partial charge in [-0.25, -0.2) is 4.99 Å². The first-order chi connectivity index (χ1) is 12.7. The molecule has 4 nitrogen and oxygen atoms in total. The van der Waals surface area contributed by atoms with Crippen molar-refractivity contribution < 1.29 is 14.3 Å². The summed E-state index contributed by atoms with van der Waals surface area (Å²) in [6.45, 7) is 5.43. The van der Waals surface area contributed by atoms with E-state index in [0.29, 0.717) is 19.6 Å². The molecule has 0 bridgehead atoms. The fourth-order valence-corrected chi connectivity index (χ4v) is 3.60. The summed E-state index contributed by atoms with van der Waals surface area (Å²) in [4.78, 5) is 18.6. The summed E-state index contributed by atoms with van der Waals surface area (Å²) in [5.74, 6) is 1.79. The Morgan fingerprint density at radius 3 is 2.69 bits per heavy atom. The van der Waals surface area contributed by atoms with Crippen LogP contribution in [0.2, 0.25) is 0 Å². The number of ketones is 1. The molecule has 1 aromatic heterocycles. The van der Waals surface area contributed by atoms with Gasteiger partial charge in [0.05, 0.1) is 17.5 Å². The third-order valence-electron chi connectivity index (χ3n) is 4.37. The molecule has 0 saturated carbocycles. The van der Waals surface area contributed by atoms with Crippen LogP contribution in [-0.4, -0.2) is 30.9 Å². The summed E-state index contributed by atoms with van der Waals surface area (Å²) in [6, 6.07) is 12.0. The Balaban J connectivity index is 1.38. The van der Waals surface area contributed by atoms with E-state index in [1.807, 2.05) is 43.3 Å². The van der Waals surface area contributed by atoms with E-state index in [0.717, 1.165) is 41.4 Å². The van der Waals surface area contributed by atoms with Crippen LogP contribution >= 0.6 is 11.3 Å². The fraction of sp³-hybridized carbons (Fsp3) is 0.429. The van der Waals surface area contributed by atoms with Crippen LogP contribution in [0.5, 0.6) is 5.75 Å². The average molecular weight is 372 g/mol. The van der Waals surface area contributed by atoms with Crippen LogP contribution in [0.15, 0.2) is 41.4 Å². The minimum absolute atomic E-state index is 0.232. The van der Waals surface area contributed by atoms with Crippen LogP contribution in [-0.2, 0) is 4.74 Å². The van der Waals surface area contributed by atoms with Gasteiger partial charge in [-0.2, -0.15) is 0 Å². The summed E-state index contributed by atoms with van der Waals surface area (Å²) >= 11 is 1.57. The van der Waals surface area contributed by atoms with Crippen molar-refractivity contribution in [1.29, 1.82) is 0 Å². The molecular formula is C21H25NO3S. The van der Waals surface area contributed by atoms with Crippen molar-refractivity contribution in [3.8, 4) is 5.75 Å². The molecule has 0 aliphatic carbocycles. The minimum atomic E-state index is 0.232. The molecule has 1 aliphatic heterocycles. The van der Waals surface area contributed by atoms with Crippen LogP contribution < -0.4 is 4.74 Å². The number of rotatable bonds is 9. The van der Waals surface area contributed by atoms with Gasteiger partial charge in [0.15, 0.2) is 5.78 Å². The molecule has 0 N–H and O–H groups in total. The van der Waals surface area contributed by atoms with E-state index < -0.39 is 0 Å². The zero-order chi connectivity index (χ0) is 18.4. The molecule has 1 atom stereocenters. The molecule has 1 aliphatic rings. The maximum absolute atomic E-state index is 12.0. The highest BCUT2D eigenvalue weighted by Crippen LogP contribution is 2.19. The lowest BCUT2D eigenvalue weighted by Gasteiger charge is -2.07. The number of aliphatic imine (C=N–C) groups is 1. The van der Waals surface area contributed by atoms with E-state index in [1.165, 1.54) is 4.88 Å². The normalized spacial score (nSPS) is 16.2. The van der Waals surface area contributed by atoms with Crippen molar-refractivity contribution in [1.82, 2.24) is 0 Å². The van der Waals surface area contributed by atoms with Crippen molar-refractivity contribution >= 4 is 23.0 Å². The smallest absolute Gasteiger partial charge is 0.216 e. The summed E-state index contributed by atoms with van der Waals surface area (Å²) in [7, 11) is 0. The lowest BCUT2D eigenvalue weighted by molar-refractivity contribution is 0.0981. The molecule has 1 aromatic carbocycles. The molecular weight excluding hydrogens is 346 g/mol. The van der Waals surface area contributed by atoms with E-state index in [9.17, 15) is 4.79 Å². The first kappa shape index (κ1) is 18.6. The first-order valence-electron chi connectivity index (χ1n) is 9.19. The lowest BCUT2D eigenvalue weighted by atomic mass is 10.1. The second-order valence-corrected chi connectivity index (χ2v) is 7.76. The minimum Gasteiger partial charge on any atom is -0.494 e. The number of hydrogen-bond donors (Lipinski definition) is 0. The zero-order valence-corrected chi connectivity index (χ0v) is 16.2. The maximum atomic E-state index is 12.0. The Morgan fingerprint density at radius 2 is 2.04 bits per heavy atom. The Morgan fingerprint density at radius 1 is 1.23 bits per heavy atom. The van der Waals surface area contributed by atoms with Gasteiger partial charge in [-0.15, -0.1) is 11.3 Å². The Hall–Kier alpha value is -2.14. The number of thiophene rings is 1. The number of aryl methyl sites for hydroxylation is 1. The monoisotopic (exact) mass is 371 g/mol. The predicted molar refractivity (Wildman–Crippen MR) is 106 cm³/mol. The number of carbonyl (C=O) groups is 1. The van der Waals surface area contributed by atoms with Crippen molar-refractivity contribution in [2.75, 3.05) is 13.2 Å². The summed E-state index contributed by atoms with van der Waals surface area (Å²) in [5, 5.41) is 0. The highest BCUT2D eigenvalue weighted by molar-refractivity contribution is 7.14.